The molecule has 0 bridgehead atoms. The number of hydrogen-bond acceptors (Lipinski definition) is 6. The highest BCUT2D eigenvalue weighted by Crippen LogP contribution is 2.19. The Hall–Kier alpha value is -1.89. The number of H-pyrrole nitrogens is 1. The van der Waals surface area contributed by atoms with Crippen LogP contribution in [-0.2, 0) is 0 Å². The minimum absolute atomic E-state index is 0.216. The number of aromatic amines is 1. The Kier molecular flexibility index (Phi) is 2.38. The van der Waals surface area contributed by atoms with Crippen LogP contribution in [0.4, 0.5) is 11.8 Å². The summed E-state index contributed by atoms with van der Waals surface area (Å²) in [5.74, 6) is 0.939. The molecule has 0 saturated heterocycles. The molecule has 0 aliphatic heterocycles. The van der Waals surface area contributed by atoms with E-state index in [9.17, 15) is 0 Å². The maximum atomic E-state index is 5.58. The lowest BCUT2D eigenvalue weighted by atomic mass is 10.4. The number of hydrogen-bond donors (Lipinski definition) is 3. The predicted octanol–water partition coefficient (Wildman–Crippen LogP) is -0.670. The summed E-state index contributed by atoms with van der Waals surface area (Å²) in [6.45, 7) is 1.25. The predicted molar refractivity (Wildman–Crippen MR) is 58.4 cm³/mol. The van der Waals surface area contributed by atoms with Crippen molar-refractivity contribution in [2.75, 3.05) is 30.8 Å². The Labute approximate surface area is 86.5 Å². The Morgan fingerprint density at radius 1 is 1.47 bits per heavy atom. The number of aromatic nitrogens is 4. The number of fused-ring (bicyclic) bond motifs is 1. The molecular weight excluding hydrogens is 194 g/mol. The SMILES string of the molecule is CN(CCN)c1nc(N)nc2nc[nH]c12. The number of nitrogens with zero attached hydrogens (tertiary/aromatic N) is 4. The third-order valence-electron chi connectivity index (χ3n) is 2.11. The molecule has 2 rings (SSSR count). The van der Waals surface area contributed by atoms with Crippen LogP contribution >= 0.6 is 0 Å². The number of nitrogens with one attached hydrogen (secondary N) is 1. The van der Waals surface area contributed by atoms with E-state index in [1.165, 1.54) is 0 Å². The zero-order valence-electron chi connectivity index (χ0n) is 8.44. The van der Waals surface area contributed by atoms with Crippen molar-refractivity contribution in [3.05, 3.63) is 6.33 Å². The van der Waals surface area contributed by atoms with Gasteiger partial charge in [0.1, 0.15) is 5.52 Å². The van der Waals surface area contributed by atoms with Crippen LogP contribution in [-0.4, -0.2) is 40.1 Å². The minimum Gasteiger partial charge on any atom is -0.368 e. The minimum atomic E-state index is 0.216. The number of rotatable bonds is 3. The Morgan fingerprint density at radius 3 is 3.00 bits per heavy atom. The lowest BCUT2D eigenvalue weighted by molar-refractivity contribution is 0.870. The van der Waals surface area contributed by atoms with Crippen LogP contribution in [0.3, 0.4) is 0 Å². The topological polar surface area (TPSA) is 110 Å². The molecule has 5 N–H and O–H groups in total. The molecule has 2 aromatic rings. The van der Waals surface area contributed by atoms with E-state index >= 15 is 0 Å². The molecule has 0 unspecified atom stereocenters. The van der Waals surface area contributed by atoms with Crippen LogP contribution in [0.2, 0.25) is 0 Å². The summed E-state index contributed by atoms with van der Waals surface area (Å²) in [6.07, 6.45) is 1.57. The van der Waals surface area contributed by atoms with Crippen molar-refractivity contribution in [1.82, 2.24) is 19.9 Å². The van der Waals surface area contributed by atoms with Crippen LogP contribution in [0.1, 0.15) is 0 Å². The first-order valence-electron chi connectivity index (χ1n) is 4.60. The molecular formula is C8H13N7. The van der Waals surface area contributed by atoms with E-state index in [1.807, 2.05) is 11.9 Å². The first-order chi connectivity index (χ1) is 7.22. The summed E-state index contributed by atoms with van der Waals surface area (Å²) < 4.78 is 0. The second kappa shape index (κ2) is 3.70. The molecule has 0 atom stereocenters. The van der Waals surface area contributed by atoms with Crippen molar-refractivity contribution in [2.24, 2.45) is 5.73 Å². The average molecular weight is 207 g/mol. The third-order valence-corrected chi connectivity index (χ3v) is 2.11. The molecule has 7 nitrogen and oxygen atoms in total. The number of anilines is 2. The van der Waals surface area contributed by atoms with Crippen molar-refractivity contribution >= 4 is 22.9 Å². The summed E-state index contributed by atoms with van der Waals surface area (Å²) in [7, 11) is 1.90. The van der Waals surface area contributed by atoms with Crippen molar-refractivity contribution in [1.29, 1.82) is 0 Å². The van der Waals surface area contributed by atoms with Gasteiger partial charge in [-0.1, -0.05) is 0 Å². The highest BCUT2D eigenvalue weighted by molar-refractivity contribution is 5.83. The molecule has 0 saturated carbocycles. The first kappa shape index (κ1) is 9.66. The van der Waals surface area contributed by atoms with Gasteiger partial charge < -0.3 is 21.4 Å². The van der Waals surface area contributed by atoms with Crippen LogP contribution < -0.4 is 16.4 Å². The van der Waals surface area contributed by atoms with Gasteiger partial charge in [-0.15, -0.1) is 0 Å². The number of likely N-dealkylation sites (N-methyl/N-ethyl adjacent to an activating group) is 1. The maximum Gasteiger partial charge on any atom is 0.224 e. The van der Waals surface area contributed by atoms with Gasteiger partial charge in [0.05, 0.1) is 6.33 Å². The zero-order chi connectivity index (χ0) is 10.8. The fraction of sp³-hybridized carbons (Fsp3) is 0.375. The highest BCUT2D eigenvalue weighted by Gasteiger charge is 2.11. The number of imidazole rings is 1. The van der Waals surface area contributed by atoms with E-state index in [4.69, 9.17) is 11.5 Å². The summed E-state index contributed by atoms with van der Waals surface area (Å²) in [5.41, 5.74) is 12.4. The lowest BCUT2D eigenvalue weighted by Gasteiger charge is -2.17. The van der Waals surface area contributed by atoms with Gasteiger partial charge in [0.15, 0.2) is 11.5 Å². The normalized spacial score (nSPS) is 10.8. The van der Waals surface area contributed by atoms with Gasteiger partial charge in [-0.25, -0.2) is 4.98 Å². The van der Waals surface area contributed by atoms with Gasteiger partial charge >= 0.3 is 0 Å². The molecule has 0 radical (unpaired) electrons. The largest absolute Gasteiger partial charge is 0.368 e. The second-order valence-corrected chi connectivity index (χ2v) is 3.22. The monoisotopic (exact) mass is 207 g/mol. The van der Waals surface area contributed by atoms with Gasteiger partial charge in [0.25, 0.3) is 0 Å². The first-order valence-corrected chi connectivity index (χ1v) is 4.60. The van der Waals surface area contributed by atoms with Gasteiger partial charge in [-0.2, -0.15) is 9.97 Å². The molecule has 80 valence electrons. The Morgan fingerprint density at radius 2 is 2.27 bits per heavy atom. The molecule has 0 aliphatic carbocycles. The molecule has 7 heteroatoms. The van der Waals surface area contributed by atoms with Crippen LogP contribution in [0.25, 0.3) is 11.2 Å². The van der Waals surface area contributed by atoms with Gasteiger partial charge in [-0.05, 0) is 0 Å². The van der Waals surface area contributed by atoms with Crippen LogP contribution in [0.15, 0.2) is 6.33 Å². The average Bonchev–Trinajstić information content (AvgIpc) is 2.64. The van der Waals surface area contributed by atoms with Crippen molar-refractivity contribution < 1.29 is 0 Å². The standard InChI is InChI=1S/C8H13N7/c1-15(3-2-9)7-5-6(12-4-11-5)13-8(10)14-7/h4H,2-3,9H2,1H3,(H3,10,11,12,13,14). The second-order valence-electron chi connectivity index (χ2n) is 3.22. The summed E-state index contributed by atoms with van der Waals surface area (Å²) in [5, 5.41) is 0. The summed E-state index contributed by atoms with van der Waals surface area (Å²) in [4.78, 5) is 17.1. The highest BCUT2D eigenvalue weighted by atomic mass is 15.2. The van der Waals surface area contributed by atoms with E-state index in [0.29, 0.717) is 18.7 Å². The fourth-order valence-corrected chi connectivity index (χ4v) is 1.41. The fourth-order valence-electron chi connectivity index (χ4n) is 1.41. The smallest absolute Gasteiger partial charge is 0.224 e. The van der Waals surface area contributed by atoms with Crippen molar-refractivity contribution in [2.45, 2.75) is 0 Å². The molecule has 2 aromatic heterocycles. The van der Waals surface area contributed by atoms with Gasteiger partial charge in [0.2, 0.25) is 5.95 Å². The summed E-state index contributed by atoms with van der Waals surface area (Å²) >= 11 is 0. The van der Waals surface area contributed by atoms with Crippen molar-refractivity contribution in [3.8, 4) is 0 Å². The van der Waals surface area contributed by atoms with E-state index < -0.39 is 0 Å². The molecule has 0 amide bonds. The maximum absolute atomic E-state index is 5.58. The Bertz CT molecular complexity index is 463. The molecule has 0 aliphatic rings. The van der Waals surface area contributed by atoms with E-state index in [2.05, 4.69) is 19.9 Å². The molecule has 2 heterocycles. The van der Waals surface area contributed by atoms with Gasteiger partial charge in [-0.3, -0.25) is 0 Å². The quantitative estimate of drug-likeness (QED) is 0.615. The molecule has 0 fully saturated rings. The van der Waals surface area contributed by atoms with Gasteiger partial charge in [0, 0.05) is 20.1 Å². The molecule has 0 aromatic carbocycles. The molecule has 15 heavy (non-hydrogen) atoms. The van der Waals surface area contributed by atoms with E-state index in [-0.39, 0.29) is 5.95 Å². The van der Waals surface area contributed by atoms with Crippen LogP contribution in [0.5, 0.6) is 0 Å². The zero-order valence-corrected chi connectivity index (χ0v) is 8.44. The number of nitrogens with two attached hydrogens (primary N) is 2. The summed E-state index contributed by atoms with van der Waals surface area (Å²) in [6, 6.07) is 0. The third kappa shape index (κ3) is 1.68. The van der Waals surface area contributed by atoms with E-state index in [1.54, 1.807) is 6.33 Å². The van der Waals surface area contributed by atoms with Crippen LogP contribution in [0, 0.1) is 0 Å². The molecule has 0 spiro atoms. The van der Waals surface area contributed by atoms with E-state index in [0.717, 1.165) is 11.3 Å². The lowest BCUT2D eigenvalue weighted by Crippen LogP contribution is -2.26. The Balaban J connectivity index is 2.52. The van der Waals surface area contributed by atoms with Crippen molar-refractivity contribution in [3.63, 3.8) is 0 Å². The number of nitrogen functional groups attached to an aromatic ring is 1.